The van der Waals surface area contributed by atoms with E-state index in [1.807, 2.05) is 0 Å². The Balaban J connectivity index is 2.24. The summed E-state index contributed by atoms with van der Waals surface area (Å²) in [5.41, 5.74) is -1.27. The van der Waals surface area contributed by atoms with Crippen molar-refractivity contribution in [2.45, 2.75) is 25.9 Å². The molecule has 0 unspecified atom stereocenters. The lowest BCUT2D eigenvalue weighted by Gasteiger charge is -2.16. The Morgan fingerprint density at radius 3 is 2.62 bits per heavy atom. The standard InChI is InChI=1S/C15H15F3N2O/c1-3-8-19-12-5-4-10(9-11(12)15(16,17)18)20-13(21)14(2)6-7-14/h1,4-5,9,19H,6-8H2,2H3,(H,20,21). The Hall–Kier alpha value is -2.16. The summed E-state index contributed by atoms with van der Waals surface area (Å²) in [6.45, 7) is 1.78. The molecule has 2 N–H and O–H groups in total. The van der Waals surface area contributed by atoms with Gasteiger partial charge in [-0.1, -0.05) is 12.8 Å². The molecule has 112 valence electrons. The number of halogens is 3. The summed E-state index contributed by atoms with van der Waals surface area (Å²) in [5, 5.41) is 5.06. The molecule has 2 rings (SSSR count). The van der Waals surface area contributed by atoms with E-state index in [2.05, 4.69) is 16.6 Å². The van der Waals surface area contributed by atoms with Gasteiger partial charge in [0.05, 0.1) is 12.1 Å². The number of carbonyl (C=O) groups excluding carboxylic acids is 1. The van der Waals surface area contributed by atoms with Gasteiger partial charge in [0, 0.05) is 16.8 Å². The smallest absolute Gasteiger partial charge is 0.374 e. The second kappa shape index (κ2) is 5.32. The van der Waals surface area contributed by atoms with E-state index < -0.39 is 17.2 Å². The van der Waals surface area contributed by atoms with E-state index in [0.29, 0.717) is 0 Å². The maximum Gasteiger partial charge on any atom is 0.418 e. The van der Waals surface area contributed by atoms with Crippen molar-refractivity contribution in [1.82, 2.24) is 0 Å². The van der Waals surface area contributed by atoms with E-state index in [1.165, 1.54) is 12.1 Å². The molecule has 0 atom stereocenters. The Morgan fingerprint density at radius 2 is 2.10 bits per heavy atom. The number of nitrogens with one attached hydrogen (secondary N) is 2. The molecular formula is C15H15F3N2O. The van der Waals surface area contributed by atoms with Gasteiger partial charge in [-0.15, -0.1) is 6.42 Å². The van der Waals surface area contributed by atoms with E-state index in [9.17, 15) is 18.0 Å². The maximum absolute atomic E-state index is 13.0. The van der Waals surface area contributed by atoms with Crippen molar-refractivity contribution in [2.24, 2.45) is 5.41 Å². The van der Waals surface area contributed by atoms with Crippen molar-refractivity contribution in [1.29, 1.82) is 0 Å². The lowest BCUT2D eigenvalue weighted by Crippen LogP contribution is -2.22. The minimum atomic E-state index is -4.53. The maximum atomic E-state index is 13.0. The molecule has 21 heavy (non-hydrogen) atoms. The number of terminal acetylenes is 1. The van der Waals surface area contributed by atoms with Crippen molar-refractivity contribution in [3.63, 3.8) is 0 Å². The Labute approximate surface area is 120 Å². The summed E-state index contributed by atoms with van der Waals surface area (Å²) in [7, 11) is 0. The number of hydrogen-bond acceptors (Lipinski definition) is 2. The van der Waals surface area contributed by atoms with Gasteiger partial charge in [0.1, 0.15) is 0 Å². The first-order chi connectivity index (χ1) is 9.76. The molecule has 0 saturated heterocycles. The topological polar surface area (TPSA) is 41.1 Å². The Morgan fingerprint density at radius 1 is 1.43 bits per heavy atom. The first kappa shape index (κ1) is 15.2. The first-order valence-corrected chi connectivity index (χ1v) is 6.46. The highest BCUT2D eigenvalue weighted by atomic mass is 19.4. The van der Waals surface area contributed by atoms with Gasteiger partial charge in [-0.25, -0.2) is 0 Å². The highest BCUT2D eigenvalue weighted by Gasteiger charge is 2.45. The fraction of sp³-hybridized carbons (Fsp3) is 0.400. The first-order valence-electron chi connectivity index (χ1n) is 6.46. The van der Waals surface area contributed by atoms with Gasteiger partial charge in [-0.3, -0.25) is 4.79 Å². The molecule has 0 bridgehead atoms. The van der Waals surface area contributed by atoms with Crippen LogP contribution in [0.3, 0.4) is 0 Å². The van der Waals surface area contributed by atoms with E-state index in [4.69, 9.17) is 6.42 Å². The molecule has 1 aliphatic carbocycles. The van der Waals surface area contributed by atoms with Crippen molar-refractivity contribution in [3.05, 3.63) is 23.8 Å². The summed E-state index contributed by atoms with van der Waals surface area (Å²) in [6, 6.07) is 3.62. The molecule has 1 aromatic rings. The Kier molecular flexibility index (Phi) is 3.86. The molecule has 0 radical (unpaired) electrons. The average Bonchev–Trinajstić information content (AvgIpc) is 3.15. The molecule has 1 aliphatic rings. The van der Waals surface area contributed by atoms with Gasteiger partial charge < -0.3 is 10.6 Å². The molecule has 0 heterocycles. The summed E-state index contributed by atoms with van der Waals surface area (Å²) in [5.74, 6) is 1.97. The molecular weight excluding hydrogens is 281 g/mol. The van der Waals surface area contributed by atoms with E-state index >= 15 is 0 Å². The second-order valence-corrected chi connectivity index (χ2v) is 5.33. The van der Waals surface area contributed by atoms with Crippen LogP contribution in [-0.2, 0) is 11.0 Å². The summed E-state index contributed by atoms with van der Waals surface area (Å²) >= 11 is 0. The number of anilines is 2. The fourth-order valence-electron chi connectivity index (χ4n) is 1.85. The zero-order chi connectivity index (χ0) is 15.7. The second-order valence-electron chi connectivity index (χ2n) is 5.33. The average molecular weight is 296 g/mol. The highest BCUT2D eigenvalue weighted by Crippen LogP contribution is 2.46. The van der Waals surface area contributed by atoms with Crippen LogP contribution in [0, 0.1) is 17.8 Å². The lowest BCUT2D eigenvalue weighted by molar-refractivity contribution is -0.137. The molecule has 1 amide bonds. The van der Waals surface area contributed by atoms with Gasteiger partial charge >= 0.3 is 6.18 Å². The van der Waals surface area contributed by atoms with Crippen LogP contribution in [0.5, 0.6) is 0 Å². The molecule has 0 spiro atoms. The van der Waals surface area contributed by atoms with Crippen LogP contribution < -0.4 is 10.6 Å². The number of carbonyl (C=O) groups is 1. The molecule has 0 aliphatic heterocycles. The zero-order valence-corrected chi connectivity index (χ0v) is 11.5. The van der Waals surface area contributed by atoms with Gasteiger partial charge in [0.25, 0.3) is 0 Å². The zero-order valence-electron chi connectivity index (χ0n) is 11.5. The largest absolute Gasteiger partial charge is 0.418 e. The van der Waals surface area contributed by atoms with Crippen LogP contribution in [0.1, 0.15) is 25.3 Å². The molecule has 1 fully saturated rings. The summed E-state index contributed by atoms with van der Waals surface area (Å²) in [4.78, 5) is 11.9. The molecule has 1 aromatic carbocycles. The number of amides is 1. The van der Waals surface area contributed by atoms with Gasteiger partial charge in [-0.2, -0.15) is 13.2 Å². The monoisotopic (exact) mass is 296 g/mol. The fourth-order valence-corrected chi connectivity index (χ4v) is 1.85. The van der Waals surface area contributed by atoms with Crippen molar-refractivity contribution in [3.8, 4) is 12.3 Å². The third-order valence-electron chi connectivity index (χ3n) is 3.51. The normalized spacial score (nSPS) is 16.0. The predicted molar refractivity (Wildman–Crippen MR) is 74.7 cm³/mol. The highest BCUT2D eigenvalue weighted by molar-refractivity contribution is 5.97. The van der Waals surface area contributed by atoms with Crippen LogP contribution in [0.4, 0.5) is 24.5 Å². The minimum Gasteiger partial charge on any atom is -0.374 e. The van der Waals surface area contributed by atoms with Gasteiger partial charge in [0.15, 0.2) is 0 Å². The summed E-state index contributed by atoms with van der Waals surface area (Å²) < 4.78 is 39.1. The van der Waals surface area contributed by atoms with Crippen LogP contribution in [0.2, 0.25) is 0 Å². The van der Waals surface area contributed by atoms with Crippen LogP contribution >= 0.6 is 0 Å². The van der Waals surface area contributed by atoms with E-state index in [1.54, 1.807) is 6.92 Å². The summed E-state index contributed by atoms with van der Waals surface area (Å²) in [6.07, 6.45) is 2.02. The van der Waals surface area contributed by atoms with E-state index in [-0.39, 0.29) is 23.8 Å². The van der Waals surface area contributed by atoms with Crippen molar-refractivity contribution >= 4 is 17.3 Å². The van der Waals surface area contributed by atoms with Gasteiger partial charge in [-0.05, 0) is 31.0 Å². The Bertz CT molecular complexity index is 598. The van der Waals surface area contributed by atoms with Crippen LogP contribution in [0.15, 0.2) is 18.2 Å². The van der Waals surface area contributed by atoms with Crippen molar-refractivity contribution in [2.75, 3.05) is 17.2 Å². The van der Waals surface area contributed by atoms with Crippen LogP contribution in [0.25, 0.3) is 0 Å². The third-order valence-corrected chi connectivity index (χ3v) is 3.51. The molecule has 3 nitrogen and oxygen atoms in total. The number of alkyl halides is 3. The lowest BCUT2D eigenvalue weighted by atomic mass is 10.1. The van der Waals surface area contributed by atoms with E-state index in [0.717, 1.165) is 18.9 Å². The minimum absolute atomic E-state index is 0.00709. The number of hydrogen-bond donors (Lipinski definition) is 2. The predicted octanol–water partition coefficient (Wildman–Crippen LogP) is 3.49. The van der Waals surface area contributed by atoms with Gasteiger partial charge in [0.2, 0.25) is 5.91 Å². The molecule has 1 saturated carbocycles. The SMILES string of the molecule is C#CCNc1ccc(NC(=O)C2(C)CC2)cc1C(F)(F)F. The third kappa shape index (κ3) is 3.48. The number of benzene rings is 1. The quantitative estimate of drug-likeness (QED) is 0.835. The molecule has 0 aromatic heterocycles. The number of rotatable bonds is 4. The molecule has 6 heteroatoms. The van der Waals surface area contributed by atoms with Crippen molar-refractivity contribution < 1.29 is 18.0 Å². The van der Waals surface area contributed by atoms with Crippen LogP contribution in [-0.4, -0.2) is 12.5 Å².